The number of aryl methyl sites for hydroxylation is 1. The summed E-state index contributed by atoms with van der Waals surface area (Å²) in [6, 6.07) is 13.5. The first-order chi connectivity index (χ1) is 15.3. The smallest absolute Gasteiger partial charge is 0.253 e. The summed E-state index contributed by atoms with van der Waals surface area (Å²) >= 11 is 15.9. The van der Waals surface area contributed by atoms with E-state index in [2.05, 4.69) is 25.9 Å². The second-order valence-corrected chi connectivity index (χ2v) is 9.78. The molecule has 32 heavy (non-hydrogen) atoms. The molecule has 4 rings (SSSR count). The fourth-order valence-electron chi connectivity index (χ4n) is 3.94. The van der Waals surface area contributed by atoms with Crippen molar-refractivity contribution in [2.75, 3.05) is 26.2 Å². The monoisotopic (exact) mass is 534 g/mol. The molecule has 8 heteroatoms. The fourth-order valence-corrected chi connectivity index (χ4v) is 4.69. The predicted molar refractivity (Wildman–Crippen MR) is 133 cm³/mol. The SMILES string of the molecule is Cc1nn(Cc2ccc(C(=O)N3CCN(Cc4ccc(Cl)cc4Cl)CC3)cc2)c(C)c1Br. The molecule has 0 radical (unpaired) electrons. The van der Waals surface area contributed by atoms with Gasteiger partial charge in [-0.05, 0) is 65.2 Å². The van der Waals surface area contributed by atoms with Crippen LogP contribution in [-0.2, 0) is 13.1 Å². The third-order valence-electron chi connectivity index (χ3n) is 5.89. The predicted octanol–water partition coefficient (Wildman–Crippen LogP) is 5.58. The van der Waals surface area contributed by atoms with E-state index in [-0.39, 0.29) is 5.91 Å². The van der Waals surface area contributed by atoms with Crippen LogP contribution >= 0.6 is 39.1 Å². The van der Waals surface area contributed by atoms with Crippen LogP contribution in [-0.4, -0.2) is 51.7 Å². The van der Waals surface area contributed by atoms with Gasteiger partial charge in [-0.1, -0.05) is 41.4 Å². The van der Waals surface area contributed by atoms with E-state index in [1.54, 1.807) is 6.07 Å². The molecule has 2 heterocycles. The number of benzene rings is 2. The molecule has 1 amide bonds. The summed E-state index contributed by atoms with van der Waals surface area (Å²) in [6.45, 7) is 8.50. The zero-order chi connectivity index (χ0) is 22.8. The van der Waals surface area contributed by atoms with Crippen LogP contribution in [0.5, 0.6) is 0 Å². The summed E-state index contributed by atoms with van der Waals surface area (Å²) in [7, 11) is 0. The quantitative estimate of drug-likeness (QED) is 0.428. The van der Waals surface area contributed by atoms with Gasteiger partial charge in [0.25, 0.3) is 5.91 Å². The topological polar surface area (TPSA) is 41.4 Å². The molecule has 5 nitrogen and oxygen atoms in total. The number of amides is 1. The maximum absolute atomic E-state index is 13.0. The lowest BCUT2D eigenvalue weighted by molar-refractivity contribution is 0.0628. The highest BCUT2D eigenvalue weighted by atomic mass is 79.9. The molecule has 0 saturated carbocycles. The van der Waals surface area contributed by atoms with Gasteiger partial charge in [-0.2, -0.15) is 5.10 Å². The number of rotatable bonds is 5. The zero-order valence-corrected chi connectivity index (χ0v) is 21.2. The lowest BCUT2D eigenvalue weighted by atomic mass is 10.1. The van der Waals surface area contributed by atoms with Crippen molar-refractivity contribution in [3.8, 4) is 0 Å². The van der Waals surface area contributed by atoms with Crippen LogP contribution in [0.25, 0.3) is 0 Å². The van der Waals surface area contributed by atoms with E-state index in [0.29, 0.717) is 29.7 Å². The lowest BCUT2D eigenvalue weighted by Crippen LogP contribution is -2.48. The van der Waals surface area contributed by atoms with Crippen molar-refractivity contribution < 1.29 is 4.79 Å². The van der Waals surface area contributed by atoms with Gasteiger partial charge in [0, 0.05) is 48.3 Å². The fraction of sp³-hybridized carbons (Fsp3) is 0.333. The van der Waals surface area contributed by atoms with Crippen LogP contribution in [0.4, 0.5) is 0 Å². The Kier molecular flexibility index (Phi) is 7.25. The Morgan fingerprint density at radius 2 is 1.69 bits per heavy atom. The average Bonchev–Trinajstić information content (AvgIpc) is 3.03. The zero-order valence-electron chi connectivity index (χ0n) is 18.1. The Morgan fingerprint density at radius 3 is 2.28 bits per heavy atom. The molecule has 3 aromatic rings. The van der Waals surface area contributed by atoms with Gasteiger partial charge in [0.2, 0.25) is 0 Å². The van der Waals surface area contributed by atoms with E-state index in [0.717, 1.165) is 52.2 Å². The molecule has 168 valence electrons. The van der Waals surface area contributed by atoms with Crippen molar-refractivity contribution >= 4 is 45.0 Å². The van der Waals surface area contributed by atoms with Crippen LogP contribution in [0.15, 0.2) is 46.9 Å². The largest absolute Gasteiger partial charge is 0.336 e. The molecule has 1 fully saturated rings. The Bertz CT molecular complexity index is 1120. The van der Waals surface area contributed by atoms with Crippen LogP contribution < -0.4 is 0 Å². The summed E-state index contributed by atoms with van der Waals surface area (Å²) in [5.41, 5.74) is 4.97. The van der Waals surface area contributed by atoms with E-state index >= 15 is 0 Å². The summed E-state index contributed by atoms with van der Waals surface area (Å²) in [5.74, 6) is 0.0783. The minimum Gasteiger partial charge on any atom is -0.336 e. The highest BCUT2D eigenvalue weighted by Gasteiger charge is 2.22. The van der Waals surface area contributed by atoms with Gasteiger partial charge < -0.3 is 4.90 Å². The highest BCUT2D eigenvalue weighted by molar-refractivity contribution is 9.10. The number of hydrogen-bond donors (Lipinski definition) is 0. The lowest BCUT2D eigenvalue weighted by Gasteiger charge is -2.35. The van der Waals surface area contributed by atoms with Gasteiger partial charge in [-0.25, -0.2) is 0 Å². The number of carbonyl (C=O) groups excluding carboxylic acids is 1. The van der Waals surface area contributed by atoms with Gasteiger partial charge in [0.05, 0.1) is 22.4 Å². The summed E-state index contributed by atoms with van der Waals surface area (Å²) in [6.07, 6.45) is 0. The second-order valence-electron chi connectivity index (χ2n) is 8.14. The minimum atomic E-state index is 0.0783. The molecule has 0 atom stereocenters. The molecule has 1 aromatic heterocycles. The molecule has 0 N–H and O–H groups in total. The number of nitrogens with zero attached hydrogens (tertiary/aromatic N) is 4. The molecule has 1 saturated heterocycles. The van der Waals surface area contributed by atoms with E-state index in [9.17, 15) is 4.79 Å². The molecule has 0 aliphatic carbocycles. The van der Waals surface area contributed by atoms with Crippen molar-refractivity contribution in [2.24, 2.45) is 0 Å². The van der Waals surface area contributed by atoms with Gasteiger partial charge in [0.1, 0.15) is 0 Å². The van der Waals surface area contributed by atoms with E-state index in [1.807, 2.05) is 59.8 Å². The Morgan fingerprint density at radius 1 is 1.00 bits per heavy atom. The van der Waals surface area contributed by atoms with E-state index in [1.165, 1.54) is 0 Å². The number of halogens is 3. The highest BCUT2D eigenvalue weighted by Crippen LogP contribution is 2.23. The Labute approximate surface area is 207 Å². The van der Waals surface area contributed by atoms with Crippen LogP contribution in [0.1, 0.15) is 32.9 Å². The van der Waals surface area contributed by atoms with Crippen LogP contribution in [0.3, 0.4) is 0 Å². The standard InChI is InChI=1S/C24H25BrCl2N4O/c1-16-23(25)17(2)31(28-16)14-18-3-5-19(6-4-18)24(32)30-11-9-29(10-12-30)15-20-7-8-21(26)13-22(20)27/h3-8,13H,9-12,14-15H2,1-2H3. The summed E-state index contributed by atoms with van der Waals surface area (Å²) in [4.78, 5) is 17.2. The molecular weight excluding hydrogens is 511 g/mol. The molecule has 0 spiro atoms. The van der Waals surface area contributed by atoms with Gasteiger partial charge in [0.15, 0.2) is 0 Å². The van der Waals surface area contributed by atoms with Gasteiger partial charge in [-0.3, -0.25) is 14.4 Å². The molecule has 0 unspecified atom stereocenters. The van der Waals surface area contributed by atoms with Crippen molar-refractivity contribution in [3.05, 3.63) is 85.1 Å². The first kappa shape index (κ1) is 23.3. The van der Waals surface area contributed by atoms with Gasteiger partial charge >= 0.3 is 0 Å². The maximum atomic E-state index is 13.0. The van der Waals surface area contributed by atoms with Gasteiger partial charge in [-0.15, -0.1) is 0 Å². The van der Waals surface area contributed by atoms with E-state index in [4.69, 9.17) is 23.2 Å². The first-order valence-electron chi connectivity index (χ1n) is 10.6. The normalized spacial score (nSPS) is 14.7. The molecular formula is C24H25BrCl2N4O. The molecule has 2 aromatic carbocycles. The summed E-state index contributed by atoms with van der Waals surface area (Å²) < 4.78 is 3.02. The number of aromatic nitrogens is 2. The van der Waals surface area contributed by atoms with Crippen molar-refractivity contribution in [1.29, 1.82) is 0 Å². The molecule has 1 aliphatic heterocycles. The third kappa shape index (κ3) is 5.20. The van der Waals surface area contributed by atoms with Crippen LogP contribution in [0, 0.1) is 13.8 Å². The minimum absolute atomic E-state index is 0.0783. The van der Waals surface area contributed by atoms with E-state index < -0.39 is 0 Å². The first-order valence-corrected chi connectivity index (χ1v) is 12.1. The number of hydrogen-bond acceptors (Lipinski definition) is 3. The van der Waals surface area contributed by atoms with Crippen molar-refractivity contribution in [1.82, 2.24) is 19.6 Å². The molecule has 1 aliphatic rings. The van der Waals surface area contributed by atoms with Crippen LogP contribution in [0.2, 0.25) is 10.0 Å². The third-order valence-corrected chi connectivity index (χ3v) is 7.63. The number of carbonyl (C=O) groups is 1. The summed E-state index contributed by atoms with van der Waals surface area (Å²) in [5, 5.41) is 5.88. The maximum Gasteiger partial charge on any atom is 0.253 e. The Hall–Kier alpha value is -1.86. The Balaban J connectivity index is 1.33. The average molecular weight is 536 g/mol. The van der Waals surface area contributed by atoms with Crippen molar-refractivity contribution in [3.63, 3.8) is 0 Å². The second kappa shape index (κ2) is 9.96. The number of piperazine rings is 1. The van der Waals surface area contributed by atoms with Crippen molar-refractivity contribution in [2.45, 2.75) is 26.9 Å². The molecule has 0 bridgehead atoms.